The molecule has 2 N–H and O–H groups in total. The number of nitrogens with one attached hydrogen (secondary N) is 2. The monoisotopic (exact) mass is 339 g/mol. The zero-order valence-electron chi connectivity index (χ0n) is 14.0. The van der Waals surface area contributed by atoms with Crippen LogP contribution in [-0.4, -0.2) is 22.9 Å². The molecule has 6 heteroatoms. The number of carbonyl (C=O) groups is 1. The normalized spacial score (nSPS) is 19.4. The molecule has 0 atom stereocenters. The Hall–Kier alpha value is -2.50. The van der Waals surface area contributed by atoms with Crippen LogP contribution in [0.4, 0.5) is 5.69 Å². The molecule has 1 amide bonds. The minimum Gasteiger partial charge on any atom is -0.454 e. The second kappa shape index (κ2) is 5.79. The van der Waals surface area contributed by atoms with E-state index in [2.05, 4.69) is 15.5 Å². The van der Waals surface area contributed by atoms with E-state index in [1.165, 1.54) is 0 Å². The molecule has 0 saturated heterocycles. The number of hydrogen-bond donors (Lipinski definition) is 2. The third-order valence-corrected chi connectivity index (χ3v) is 5.40. The van der Waals surface area contributed by atoms with Crippen molar-refractivity contribution in [1.82, 2.24) is 10.2 Å². The van der Waals surface area contributed by atoms with Crippen molar-refractivity contribution < 1.29 is 14.3 Å². The summed E-state index contributed by atoms with van der Waals surface area (Å²) in [5.41, 5.74) is 3.61. The highest BCUT2D eigenvalue weighted by Gasteiger charge is 2.32. The number of hydrogen-bond acceptors (Lipinski definition) is 4. The number of nitrogens with zero attached hydrogens (tertiary/aromatic N) is 1. The first-order valence-electron chi connectivity index (χ1n) is 9.09. The van der Waals surface area contributed by atoms with E-state index in [1.807, 2.05) is 18.2 Å². The lowest BCUT2D eigenvalue weighted by Gasteiger charge is -2.12. The summed E-state index contributed by atoms with van der Waals surface area (Å²) in [5.74, 6) is 2.21. The fourth-order valence-corrected chi connectivity index (χ4v) is 3.82. The molecule has 6 nitrogen and oxygen atoms in total. The Balaban J connectivity index is 1.50. The average molecular weight is 339 g/mol. The van der Waals surface area contributed by atoms with Crippen molar-refractivity contribution >= 4 is 11.6 Å². The number of rotatable bonds is 4. The van der Waals surface area contributed by atoms with E-state index in [1.54, 1.807) is 0 Å². The predicted molar refractivity (Wildman–Crippen MR) is 92.7 cm³/mol. The SMILES string of the molecule is O=C(Nc1c(-c2ccc3c(c2)OCO3)n[nH]c1C1CC1)C1CCCC1. The Morgan fingerprint density at radius 3 is 2.72 bits per heavy atom. The summed E-state index contributed by atoms with van der Waals surface area (Å²) in [6.07, 6.45) is 6.57. The quantitative estimate of drug-likeness (QED) is 0.888. The van der Waals surface area contributed by atoms with Crippen LogP contribution in [0.1, 0.15) is 50.1 Å². The third-order valence-electron chi connectivity index (χ3n) is 5.40. The van der Waals surface area contributed by atoms with E-state index in [0.717, 1.165) is 72.7 Å². The zero-order chi connectivity index (χ0) is 16.8. The fourth-order valence-electron chi connectivity index (χ4n) is 3.82. The summed E-state index contributed by atoms with van der Waals surface area (Å²) in [7, 11) is 0. The van der Waals surface area contributed by atoms with Crippen molar-refractivity contribution in [1.29, 1.82) is 0 Å². The van der Waals surface area contributed by atoms with Gasteiger partial charge in [0.15, 0.2) is 11.5 Å². The van der Waals surface area contributed by atoms with Crippen molar-refractivity contribution in [2.45, 2.75) is 44.4 Å². The molecule has 0 bridgehead atoms. The smallest absolute Gasteiger partial charge is 0.231 e. The zero-order valence-corrected chi connectivity index (χ0v) is 14.0. The Labute approximate surface area is 145 Å². The van der Waals surface area contributed by atoms with Crippen molar-refractivity contribution in [3.8, 4) is 22.8 Å². The number of aromatic amines is 1. The molecule has 2 fully saturated rings. The van der Waals surface area contributed by atoms with Crippen LogP contribution < -0.4 is 14.8 Å². The number of fused-ring (bicyclic) bond motifs is 1. The molecule has 130 valence electrons. The Bertz CT molecular complexity index is 819. The highest BCUT2D eigenvalue weighted by molar-refractivity contribution is 5.97. The van der Waals surface area contributed by atoms with Crippen LogP contribution in [0.3, 0.4) is 0 Å². The number of carbonyl (C=O) groups excluding carboxylic acids is 1. The average Bonchev–Trinajstić information content (AvgIpc) is 3.07. The van der Waals surface area contributed by atoms with Gasteiger partial charge in [-0.2, -0.15) is 5.10 Å². The highest BCUT2D eigenvalue weighted by atomic mass is 16.7. The predicted octanol–water partition coefficient (Wildman–Crippen LogP) is 3.81. The molecule has 0 radical (unpaired) electrons. The summed E-state index contributed by atoms with van der Waals surface area (Å²) in [5, 5.41) is 10.9. The standard InChI is InChI=1S/C19H21N3O3/c23-19(12-3-1-2-4-12)20-18-16(11-5-6-11)21-22-17(18)13-7-8-14-15(9-13)25-10-24-14/h7-9,11-12H,1-6,10H2,(H,20,23)(H,21,22). The van der Waals surface area contributed by atoms with Crippen LogP contribution in [0.25, 0.3) is 11.3 Å². The minimum atomic E-state index is 0.128. The van der Waals surface area contributed by atoms with Gasteiger partial charge in [0, 0.05) is 17.4 Å². The number of amides is 1. The van der Waals surface area contributed by atoms with Gasteiger partial charge < -0.3 is 14.8 Å². The molecular weight excluding hydrogens is 318 g/mol. The molecule has 0 unspecified atom stereocenters. The second-order valence-electron chi connectivity index (χ2n) is 7.17. The molecule has 25 heavy (non-hydrogen) atoms. The van der Waals surface area contributed by atoms with Crippen molar-refractivity contribution in [2.75, 3.05) is 12.1 Å². The number of ether oxygens (including phenoxy) is 2. The molecule has 1 aliphatic heterocycles. The maximum absolute atomic E-state index is 12.7. The molecule has 1 aromatic carbocycles. The lowest BCUT2D eigenvalue weighted by Crippen LogP contribution is -2.21. The lowest BCUT2D eigenvalue weighted by molar-refractivity contribution is -0.119. The van der Waals surface area contributed by atoms with Gasteiger partial charge in [-0.15, -0.1) is 0 Å². The second-order valence-corrected chi connectivity index (χ2v) is 7.17. The largest absolute Gasteiger partial charge is 0.454 e. The molecule has 1 aromatic heterocycles. The van der Waals surface area contributed by atoms with E-state index in [0.29, 0.717) is 5.92 Å². The molecular formula is C19H21N3O3. The van der Waals surface area contributed by atoms with E-state index in [9.17, 15) is 4.79 Å². The molecule has 2 heterocycles. The summed E-state index contributed by atoms with van der Waals surface area (Å²) < 4.78 is 10.9. The fraction of sp³-hybridized carbons (Fsp3) is 0.474. The molecule has 3 aliphatic rings. The van der Waals surface area contributed by atoms with Gasteiger partial charge in [0.2, 0.25) is 12.7 Å². The summed E-state index contributed by atoms with van der Waals surface area (Å²) in [6, 6.07) is 5.79. The highest BCUT2D eigenvalue weighted by Crippen LogP contribution is 2.46. The summed E-state index contributed by atoms with van der Waals surface area (Å²) in [6.45, 7) is 0.248. The van der Waals surface area contributed by atoms with Crippen LogP contribution in [0.15, 0.2) is 18.2 Å². The van der Waals surface area contributed by atoms with E-state index >= 15 is 0 Å². The van der Waals surface area contributed by atoms with Crippen LogP contribution in [-0.2, 0) is 4.79 Å². The Morgan fingerprint density at radius 2 is 1.92 bits per heavy atom. The topological polar surface area (TPSA) is 76.2 Å². The summed E-state index contributed by atoms with van der Waals surface area (Å²) >= 11 is 0. The van der Waals surface area contributed by atoms with Crippen LogP contribution in [0, 0.1) is 5.92 Å². The maximum atomic E-state index is 12.7. The van der Waals surface area contributed by atoms with Gasteiger partial charge in [-0.05, 0) is 43.9 Å². The van der Waals surface area contributed by atoms with E-state index < -0.39 is 0 Å². The molecule has 2 aromatic rings. The molecule has 2 saturated carbocycles. The first-order valence-corrected chi connectivity index (χ1v) is 9.09. The van der Waals surface area contributed by atoms with Crippen molar-refractivity contribution in [2.24, 2.45) is 5.92 Å². The number of aromatic nitrogens is 2. The molecule has 0 spiro atoms. The van der Waals surface area contributed by atoms with Gasteiger partial charge in [-0.3, -0.25) is 9.89 Å². The number of anilines is 1. The van der Waals surface area contributed by atoms with Gasteiger partial charge in [0.25, 0.3) is 0 Å². The Morgan fingerprint density at radius 1 is 1.12 bits per heavy atom. The first-order chi connectivity index (χ1) is 12.3. The first kappa shape index (κ1) is 14.8. The van der Waals surface area contributed by atoms with Gasteiger partial charge in [-0.25, -0.2) is 0 Å². The lowest BCUT2D eigenvalue weighted by atomic mass is 10.1. The van der Waals surface area contributed by atoms with Crippen molar-refractivity contribution in [3.05, 3.63) is 23.9 Å². The Kier molecular flexibility index (Phi) is 3.43. The number of H-pyrrole nitrogens is 1. The van der Waals surface area contributed by atoms with Gasteiger partial charge in [-0.1, -0.05) is 12.8 Å². The van der Waals surface area contributed by atoms with E-state index in [-0.39, 0.29) is 18.6 Å². The van der Waals surface area contributed by atoms with Gasteiger partial charge >= 0.3 is 0 Å². The molecule has 5 rings (SSSR count). The van der Waals surface area contributed by atoms with Gasteiger partial charge in [0.1, 0.15) is 5.69 Å². The summed E-state index contributed by atoms with van der Waals surface area (Å²) in [4.78, 5) is 12.7. The van der Waals surface area contributed by atoms with Crippen LogP contribution in [0.5, 0.6) is 11.5 Å². The molecule has 2 aliphatic carbocycles. The van der Waals surface area contributed by atoms with Gasteiger partial charge in [0.05, 0.1) is 11.4 Å². The van der Waals surface area contributed by atoms with Crippen LogP contribution in [0.2, 0.25) is 0 Å². The van der Waals surface area contributed by atoms with E-state index in [4.69, 9.17) is 9.47 Å². The van der Waals surface area contributed by atoms with Crippen LogP contribution >= 0.6 is 0 Å². The maximum Gasteiger partial charge on any atom is 0.231 e. The third kappa shape index (κ3) is 2.65. The number of benzene rings is 1. The van der Waals surface area contributed by atoms with Crippen molar-refractivity contribution in [3.63, 3.8) is 0 Å². The minimum absolute atomic E-state index is 0.128.